The van der Waals surface area contributed by atoms with Crippen molar-refractivity contribution in [2.45, 2.75) is 26.0 Å². The normalized spacial score (nSPS) is 12.4. The highest BCUT2D eigenvalue weighted by Gasteiger charge is 2.19. The highest BCUT2D eigenvalue weighted by molar-refractivity contribution is 5.41. The van der Waals surface area contributed by atoms with E-state index in [2.05, 4.69) is 22.0 Å². The number of aromatic nitrogens is 1. The minimum absolute atomic E-state index is 0.185. The van der Waals surface area contributed by atoms with E-state index in [0.29, 0.717) is 5.56 Å². The summed E-state index contributed by atoms with van der Waals surface area (Å²) in [5.41, 5.74) is 1.59. The van der Waals surface area contributed by atoms with Crippen LogP contribution < -0.4 is 10.1 Å². The Morgan fingerprint density at radius 1 is 1.19 bits per heavy atom. The van der Waals surface area contributed by atoms with Gasteiger partial charge in [0.15, 0.2) is 0 Å². The van der Waals surface area contributed by atoms with Crippen LogP contribution in [-0.2, 0) is 0 Å². The van der Waals surface area contributed by atoms with Crippen molar-refractivity contribution in [3.63, 3.8) is 0 Å². The summed E-state index contributed by atoms with van der Waals surface area (Å²) in [6.07, 6.45) is 4.35. The van der Waals surface area contributed by atoms with E-state index >= 15 is 0 Å². The Bertz CT molecular complexity index is 549. The fourth-order valence-corrected chi connectivity index (χ4v) is 2.17. The Balaban J connectivity index is 2.37. The van der Waals surface area contributed by atoms with E-state index < -0.39 is 6.61 Å². The Morgan fingerprint density at radius 2 is 2.00 bits per heavy atom. The van der Waals surface area contributed by atoms with Gasteiger partial charge in [-0.1, -0.05) is 31.2 Å². The van der Waals surface area contributed by atoms with Crippen LogP contribution in [0.25, 0.3) is 0 Å². The molecule has 1 unspecified atom stereocenters. The number of hydrogen-bond acceptors (Lipinski definition) is 3. The largest absolute Gasteiger partial charge is 0.434 e. The van der Waals surface area contributed by atoms with Gasteiger partial charge in [0.25, 0.3) is 0 Å². The molecule has 1 heterocycles. The standard InChI is InChI=1S/C16H18F2N2O/c1-2-9-20-15(12-6-5-10-19-11-12)13-7-3-4-8-14(13)21-16(17)18/h3-8,10-11,15-16,20H,2,9H2,1H3. The quantitative estimate of drug-likeness (QED) is 0.843. The molecule has 1 aromatic carbocycles. The molecule has 0 radical (unpaired) electrons. The van der Waals surface area contributed by atoms with Crippen molar-refractivity contribution in [2.24, 2.45) is 0 Å². The number of hydrogen-bond donors (Lipinski definition) is 1. The Morgan fingerprint density at radius 3 is 2.67 bits per heavy atom. The molecule has 0 aliphatic heterocycles. The van der Waals surface area contributed by atoms with Gasteiger partial charge in [0, 0.05) is 18.0 Å². The number of nitrogens with one attached hydrogen (secondary N) is 1. The van der Waals surface area contributed by atoms with Gasteiger partial charge in [-0.15, -0.1) is 0 Å². The first-order valence-electron chi connectivity index (χ1n) is 6.89. The summed E-state index contributed by atoms with van der Waals surface area (Å²) in [6.45, 7) is -0.0240. The maximum Gasteiger partial charge on any atom is 0.387 e. The van der Waals surface area contributed by atoms with Gasteiger partial charge in [-0.3, -0.25) is 4.98 Å². The maximum absolute atomic E-state index is 12.6. The molecule has 3 nitrogen and oxygen atoms in total. The van der Waals surface area contributed by atoms with E-state index in [9.17, 15) is 8.78 Å². The Kier molecular flexibility index (Phi) is 5.63. The summed E-state index contributed by atoms with van der Waals surface area (Å²) in [6, 6.07) is 10.3. The third-order valence-electron chi connectivity index (χ3n) is 3.06. The number of para-hydroxylation sites is 1. The minimum atomic E-state index is -2.84. The van der Waals surface area contributed by atoms with Crippen molar-refractivity contribution in [1.29, 1.82) is 0 Å². The first kappa shape index (κ1) is 15.4. The Hall–Kier alpha value is -2.01. The molecule has 1 aromatic heterocycles. The van der Waals surface area contributed by atoms with Crippen LogP contribution in [-0.4, -0.2) is 18.1 Å². The molecule has 0 amide bonds. The molecule has 0 aliphatic carbocycles. The molecule has 0 bridgehead atoms. The number of rotatable bonds is 7. The van der Waals surface area contributed by atoms with Crippen molar-refractivity contribution in [3.8, 4) is 5.75 Å². The monoisotopic (exact) mass is 292 g/mol. The number of pyridine rings is 1. The molecule has 0 saturated heterocycles. The molecular formula is C16H18F2N2O. The molecule has 2 rings (SSSR count). The van der Waals surface area contributed by atoms with E-state index in [1.165, 1.54) is 0 Å². The number of alkyl halides is 2. The highest BCUT2D eigenvalue weighted by atomic mass is 19.3. The van der Waals surface area contributed by atoms with Crippen LogP contribution in [0.5, 0.6) is 5.75 Å². The highest BCUT2D eigenvalue weighted by Crippen LogP contribution is 2.30. The lowest BCUT2D eigenvalue weighted by Crippen LogP contribution is -2.24. The van der Waals surface area contributed by atoms with Gasteiger partial charge in [0.05, 0.1) is 6.04 Å². The van der Waals surface area contributed by atoms with Crippen molar-refractivity contribution in [3.05, 3.63) is 59.9 Å². The lowest BCUT2D eigenvalue weighted by atomic mass is 9.99. The lowest BCUT2D eigenvalue weighted by Gasteiger charge is -2.21. The maximum atomic E-state index is 12.6. The summed E-state index contributed by atoms with van der Waals surface area (Å²) in [5, 5.41) is 3.35. The predicted molar refractivity (Wildman–Crippen MR) is 77.4 cm³/mol. The summed E-state index contributed by atoms with van der Waals surface area (Å²) in [5.74, 6) is 0.185. The number of nitrogens with zero attached hydrogens (tertiary/aromatic N) is 1. The van der Waals surface area contributed by atoms with Gasteiger partial charge in [0.1, 0.15) is 5.75 Å². The van der Waals surface area contributed by atoms with Crippen LogP contribution in [0.4, 0.5) is 8.78 Å². The number of halogens is 2. The van der Waals surface area contributed by atoms with Crippen LogP contribution in [0.2, 0.25) is 0 Å². The summed E-state index contributed by atoms with van der Waals surface area (Å²) in [7, 11) is 0. The Labute approximate surface area is 123 Å². The van der Waals surface area contributed by atoms with Crippen molar-refractivity contribution < 1.29 is 13.5 Å². The summed E-state index contributed by atoms with van der Waals surface area (Å²) >= 11 is 0. The predicted octanol–water partition coefficient (Wildman–Crippen LogP) is 3.77. The number of benzene rings is 1. The van der Waals surface area contributed by atoms with Gasteiger partial charge in [-0.2, -0.15) is 8.78 Å². The third-order valence-corrected chi connectivity index (χ3v) is 3.06. The average molecular weight is 292 g/mol. The first-order valence-corrected chi connectivity index (χ1v) is 6.89. The van der Waals surface area contributed by atoms with Gasteiger partial charge >= 0.3 is 6.61 Å². The van der Waals surface area contributed by atoms with E-state index in [-0.39, 0.29) is 11.8 Å². The zero-order chi connectivity index (χ0) is 15.1. The second-order valence-electron chi connectivity index (χ2n) is 4.59. The van der Waals surface area contributed by atoms with E-state index in [1.54, 1.807) is 30.6 Å². The number of ether oxygens (including phenoxy) is 1. The topological polar surface area (TPSA) is 34.2 Å². The molecule has 1 N–H and O–H groups in total. The zero-order valence-corrected chi connectivity index (χ0v) is 11.8. The molecule has 2 aromatic rings. The average Bonchev–Trinajstić information content (AvgIpc) is 2.50. The van der Waals surface area contributed by atoms with Crippen LogP contribution in [0, 0.1) is 0 Å². The molecule has 112 valence electrons. The minimum Gasteiger partial charge on any atom is -0.434 e. The molecule has 0 fully saturated rings. The van der Waals surface area contributed by atoms with Crippen molar-refractivity contribution >= 4 is 0 Å². The van der Waals surface area contributed by atoms with Gasteiger partial charge in [-0.05, 0) is 30.7 Å². The molecular weight excluding hydrogens is 274 g/mol. The zero-order valence-electron chi connectivity index (χ0n) is 11.8. The lowest BCUT2D eigenvalue weighted by molar-refractivity contribution is -0.0506. The van der Waals surface area contributed by atoms with Gasteiger partial charge < -0.3 is 10.1 Å². The molecule has 1 atom stereocenters. The fourth-order valence-electron chi connectivity index (χ4n) is 2.17. The second-order valence-corrected chi connectivity index (χ2v) is 4.59. The molecule has 0 spiro atoms. The smallest absolute Gasteiger partial charge is 0.387 e. The van der Waals surface area contributed by atoms with Crippen molar-refractivity contribution in [2.75, 3.05) is 6.54 Å². The molecule has 0 saturated carbocycles. The van der Waals surface area contributed by atoms with Gasteiger partial charge in [-0.25, -0.2) is 0 Å². The van der Waals surface area contributed by atoms with E-state index in [1.807, 2.05) is 18.2 Å². The van der Waals surface area contributed by atoms with Crippen LogP contribution >= 0.6 is 0 Å². The van der Waals surface area contributed by atoms with Crippen LogP contribution in [0.1, 0.15) is 30.5 Å². The second kappa shape index (κ2) is 7.69. The SMILES string of the molecule is CCCNC(c1cccnc1)c1ccccc1OC(F)F. The summed E-state index contributed by atoms with van der Waals surface area (Å²) in [4.78, 5) is 4.10. The summed E-state index contributed by atoms with van der Waals surface area (Å²) < 4.78 is 29.8. The molecule has 0 aliphatic rings. The van der Waals surface area contributed by atoms with Gasteiger partial charge in [0.2, 0.25) is 0 Å². The fraction of sp³-hybridized carbons (Fsp3) is 0.312. The molecule has 21 heavy (non-hydrogen) atoms. The van der Waals surface area contributed by atoms with E-state index in [4.69, 9.17) is 0 Å². The van der Waals surface area contributed by atoms with E-state index in [0.717, 1.165) is 18.5 Å². The third kappa shape index (κ3) is 4.23. The molecule has 5 heteroatoms. The van der Waals surface area contributed by atoms with Crippen molar-refractivity contribution in [1.82, 2.24) is 10.3 Å². The van der Waals surface area contributed by atoms with Crippen LogP contribution in [0.15, 0.2) is 48.8 Å². The van der Waals surface area contributed by atoms with Crippen LogP contribution in [0.3, 0.4) is 0 Å². The first-order chi connectivity index (χ1) is 10.2.